The van der Waals surface area contributed by atoms with Crippen molar-refractivity contribution in [3.8, 4) is 0 Å². The van der Waals surface area contributed by atoms with E-state index < -0.39 is 6.10 Å². The van der Waals surface area contributed by atoms with Gasteiger partial charge in [-0.3, -0.25) is 4.68 Å². The first-order valence-corrected chi connectivity index (χ1v) is 5.38. The van der Waals surface area contributed by atoms with Crippen molar-refractivity contribution < 1.29 is 9.84 Å². The lowest BCUT2D eigenvalue weighted by atomic mass is 9.76. The Morgan fingerprint density at radius 2 is 2.40 bits per heavy atom. The molecule has 4 nitrogen and oxygen atoms in total. The Bertz CT molecular complexity index is 326. The summed E-state index contributed by atoms with van der Waals surface area (Å²) >= 11 is 0. The second-order valence-electron chi connectivity index (χ2n) is 4.37. The normalized spacial score (nSPS) is 21.0. The number of aromatic nitrogens is 2. The number of hydrogen-bond donors (Lipinski definition) is 1. The molecule has 0 aromatic carbocycles. The summed E-state index contributed by atoms with van der Waals surface area (Å²) in [5.41, 5.74) is 0.637. The zero-order chi connectivity index (χ0) is 10.9. The smallest absolute Gasteiger partial charge is 0.101 e. The average Bonchev–Trinajstić information content (AvgIpc) is 2.58. The summed E-state index contributed by atoms with van der Waals surface area (Å²) in [5.74, 6) is 0. The molecule has 15 heavy (non-hydrogen) atoms. The Labute approximate surface area is 89.9 Å². The summed E-state index contributed by atoms with van der Waals surface area (Å²) in [5, 5.41) is 14.2. The monoisotopic (exact) mass is 210 g/mol. The third kappa shape index (κ3) is 2.06. The van der Waals surface area contributed by atoms with Gasteiger partial charge >= 0.3 is 0 Å². The van der Waals surface area contributed by atoms with E-state index in [1.807, 2.05) is 19.3 Å². The van der Waals surface area contributed by atoms with Gasteiger partial charge in [-0.05, 0) is 25.3 Å². The van der Waals surface area contributed by atoms with Gasteiger partial charge in [0.1, 0.15) is 6.10 Å². The number of aryl methyl sites for hydroxylation is 1. The van der Waals surface area contributed by atoms with Crippen LogP contribution in [0.3, 0.4) is 0 Å². The molecule has 84 valence electrons. The van der Waals surface area contributed by atoms with Crippen molar-refractivity contribution in [2.45, 2.75) is 37.4 Å². The molecule has 0 amide bonds. The van der Waals surface area contributed by atoms with Crippen LogP contribution < -0.4 is 0 Å². The summed E-state index contributed by atoms with van der Waals surface area (Å²) in [6, 6.07) is 1.85. The van der Waals surface area contributed by atoms with Crippen molar-refractivity contribution in [2.24, 2.45) is 7.05 Å². The third-order valence-corrected chi connectivity index (χ3v) is 3.34. The number of hydrogen-bond acceptors (Lipinski definition) is 3. The van der Waals surface area contributed by atoms with Crippen molar-refractivity contribution in [1.29, 1.82) is 0 Å². The van der Waals surface area contributed by atoms with Gasteiger partial charge in [-0.15, -0.1) is 0 Å². The first-order chi connectivity index (χ1) is 7.15. The molecular formula is C11H18N2O2. The molecule has 4 heteroatoms. The van der Waals surface area contributed by atoms with Gasteiger partial charge < -0.3 is 9.84 Å². The summed E-state index contributed by atoms with van der Waals surface area (Å²) < 4.78 is 7.19. The highest BCUT2D eigenvalue weighted by Crippen LogP contribution is 2.41. The van der Waals surface area contributed by atoms with Gasteiger partial charge in [0.2, 0.25) is 0 Å². The van der Waals surface area contributed by atoms with Crippen molar-refractivity contribution in [3.63, 3.8) is 0 Å². The third-order valence-electron chi connectivity index (χ3n) is 3.34. The Balaban J connectivity index is 1.99. The molecule has 2 rings (SSSR count). The van der Waals surface area contributed by atoms with Gasteiger partial charge in [0, 0.05) is 26.8 Å². The zero-order valence-electron chi connectivity index (χ0n) is 9.31. The number of methoxy groups -OCH3 is 1. The maximum Gasteiger partial charge on any atom is 0.101 e. The molecule has 1 fully saturated rings. The first kappa shape index (κ1) is 10.6. The van der Waals surface area contributed by atoms with Gasteiger partial charge in [0.05, 0.1) is 11.3 Å². The fraction of sp³-hybridized carbons (Fsp3) is 0.727. The van der Waals surface area contributed by atoms with E-state index in [2.05, 4.69) is 5.10 Å². The van der Waals surface area contributed by atoms with Crippen LogP contribution in [-0.4, -0.2) is 27.6 Å². The predicted octanol–water partition coefficient (Wildman–Crippen LogP) is 1.41. The molecule has 1 atom stereocenters. The van der Waals surface area contributed by atoms with E-state index in [0.717, 1.165) is 18.5 Å². The van der Waals surface area contributed by atoms with E-state index in [4.69, 9.17) is 4.74 Å². The van der Waals surface area contributed by atoms with Crippen LogP contribution in [0, 0.1) is 0 Å². The van der Waals surface area contributed by atoms with Crippen molar-refractivity contribution in [3.05, 3.63) is 18.0 Å². The molecule has 1 N–H and O–H groups in total. The second kappa shape index (κ2) is 3.94. The molecule has 0 aliphatic heterocycles. The Hall–Kier alpha value is -0.870. The molecule has 1 saturated carbocycles. The SMILES string of the molecule is COC1(CC(O)c2ccn(C)n2)CCC1. The molecule has 1 aliphatic rings. The highest BCUT2D eigenvalue weighted by molar-refractivity contribution is 5.05. The van der Waals surface area contributed by atoms with Gasteiger partial charge in [-0.1, -0.05) is 0 Å². The highest BCUT2D eigenvalue weighted by atomic mass is 16.5. The van der Waals surface area contributed by atoms with Gasteiger partial charge in [-0.25, -0.2) is 0 Å². The molecule has 0 radical (unpaired) electrons. The van der Waals surface area contributed by atoms with Crippen LogP contribution in [0.4, 0.5) is 0 Å². The van der Waals surface area contributed by atoms with Crippen LogP contribution in [-0.2, 0) is 11.8 Å². The molecular weight excluding hydrogens is 192 g/mol. The molecule has 1 heterocycles. The standard InChI is InChI=1S/C11H18N2O2/c1-13-7-4-9(12-13)10(14)8-11(15-2)5-3-6-11/h4,7,10,14H,3,5-6,8H2,1-2H3. The number of aliphatic hydroxyl groups is 1. The highest BCUT2D eigenvalue weighted by Gasteiger charge is 2.39. The topological polar surface area (TPSA) is 47.3 Å². The molecule has 1 aromatic rings. The lowest BCUT2D eigenvalue weighted by Crippen LogP contribution is -2.40. The van der Waals surface area contributed by atoms with Crippen molar-refractivity contribution >= 4 is 0 Å². The number of aliphatic hydroxyl groups excluding tert-OH is 1. The predicted molar refractivity (Wildman–Crippen MR) is 56.4 cm³/mol. The molecule has 0 spiro atoms. The summed E-state index contributed by atoms with van der Waals surface area (Å²) in [4.78, 5) is 0. The van der Waals surface area contributed by atoms with Crippen LogP contribution in [0.25, 0.3) is 0 Å². The van der Waals surface area contributed by atoms with E-state index in [1.54, 1.807) is 11.8 Å². The minimum Gasteiger partial charge on any atom is -0.387 e. The fourth-order valence-corrected chi connectivity index (χ4v) is 2.13. The van der Waals surface area contributed by atoms with Crippen LogP contribution in [0.15, 0.2) is 12.3 Å². The summed E-state index contributed by atoms with van der Waals surface area (Å²) in [7, 11) is 3.58. The van der Waals surface area contributed by atoms with E-state index in [1.165, 1.54) is 6.42 Å². The molecule has 1 aliphatic carbocycles. The maximum atomic E-state index is 10.0. The van der Waals surface area contributed by atoms with Gasteiger partial charge in [0.25, 0.3) is 0 Å². The Morgan fingerprint density at radius 3 is 2.80 bits per heavy atom. The van der Waals surface area contributed by atoms with Crippen molar-refractivity contribution in [1.82, 2.24) is 9.78 Å². The molecule has 0 bridgehead atoms. The van der Waals surface area contributed by atoms with Crippen LogP contribution in [0.5, 0.6) is 0 Å². The minimum atomic E-state index is -0.508. The maximum absolute atomic E-state index is 10.0. The van der Waals surface area contributed by atoms with Crippen LogP contribution in [0.1, 0.15) is 37.5 Å². The largest absolute Gasteiger partial charge is 0.387 e. The van der Waals surface area contributed by atoms with Crippen LogP contribution in [0.2, 0.25) is 0 Å². The van der Waals surface area contributed by atoms with E-state index in [9.17, 15) is 5.11 Å². The minimum absolute atomic E-state index is 0.100. The van der Waals surface area contributed by atoms with E-state index >= 15 is 0 Å². The lowest BCUT2D eigenvalue weighted by Gasteiger charge is -2.41. The second-order valence-corrected chi connectivity index (χ2v) is 4.37. The van der Waals surface area contributed by atoms with Crippen molar-refractivity contribution in [2.75, 3.05) is 7.11 Å². The quantitative estimate of drug-likeness (QED) is 0.817. The first-order valence-electron chi connectivity index (χ1n) is 5.38. The fourth-order valence-electron chi connectivity index (χ4n) is 2.13. The van der Waals surface area contributed by atoms with E-state index in [-0.39, 0.29) is 5.60 Å². The Kier molecular flexibility index (Phi) is 2.80. The number of nitrogens with zero attached hydrogens (tertiary/aromatic N) is 2. The van der Waals surface area contributed by atoms with Gasteiger partial charge in [0.15, 0.2) is 0 Å². The molecule has 0 saturated heterocycles. The molecule has 1 aromatic heterocycles. The summed E-state index contributed by atoms with van der Waals surface area (Å²) in [6.45, 7) is 0. The summed E-state index contributed by atoms with van der Waals surface area (Å²) in [6.07, 6.45) is 5.29. The van der Waals surface area contributed by atoms with E-state index in [0.29, 0.717) is 6.42 Å². The number of rotatable bonds is 4. The number of ether oxygens (including phenoxy) is 1. The lowest BCUT2D eigenvalue weighted by molar-refractivity contribution is -0.100. The molecule has 1 unspecified atom stereocenters. The Morgan fingerprint density at radius 1 is 1.67 bits per heavy atom. The average molecular weight is 210 g/mol. The zero-order valence-corrected chi connectivity index (χ0v) is 9.31. The van der Waals surface area contributed by atoms with Gasteiger partial charge in [-0.2, -0.15) is 5.10 Å². The van der Waals surface area contributed by atoms with Crippen LogP contribution >= 0.6 is 0 Å².